The van der Waals surface area contributed by atoms with Crippen molar-refractivity contribution in [1.29, 1.82) is 0 Å². The molecule has 0 N–H and O–H groups in total. The largest absolute Gasteiger partial charge is 0.497 e. The van der Waals surface area contributed by atoms with E-state index in [1.54, 1.807) is 38.5 Å². The van der Waals surface area contributed by atoms with Crippen molar-refractivity contribution < 1.29 is 38.1 Å². The van der Waals surface area contributed by atoms with E-state index in [9.17, 15) is 9.59 Å². The normalized spacial score (nSPS) is 8.65. The van der Waals surface area contributed by atoms with E-state index in [2.05, 4.69) is 30.2 Å². The molecule has 0 saturated carbocycles. The molecule has 0 spiro atoms. The van der Waals surface area contributed by atoms with E-state index in [0.29, 0.717) is 11.1 Å². The predicted octanol–water partition coefficient (Wildman–Crippen LogP) is 7.47. The maximum absolute atomic E-state index is 11.3. The zero-order valence-corrected chi connectivity index (χ0v) is 26.5. The standard InChI is InChI=1S/C13H12O3.C9H10O2.C8H10O.C3H8.2CH2O/c1-15-12-6-5-9-7-11(13(14)16-2)4-3-10(9)8-12;1-7-3-5-8(6-4-7)9(10)11-2;1-7-3-5-8(9-2)6-4-7;1-3-2;2*1-2/h3-8H,1-2H3;3-6H,1-2H3;3-6H,1-2H3;3H2,1-2H3;2*1H2. The number of carbonyl (C=O) groups excluding carboxylic acids is 4. The Balaban J connectivity index is 0. The average Bonchev–Trinajstić information content (AvgIpc) is 3.07. The third-order valence-corrected chi connectivity index (χ3v) is 5.20. The molecule has 0 unspecified atom stereocenters. The first-order valence-electron chi connectivity index (χ1n) is 13.2. The molecule has 8 nitrogen and oxygen atoms in total. The van der Waals surface area contributed by atoms with Crippen molar-refractivity contribution in [1.82, 2.24) is 0 Å². The first kappa shape index (κ1) is 40.2. The SMILES string of the molecule is C=O.C=O.CCC.COC(=O)c1ccc(C)cc1.COC(=O)c1ccc2cc(OC)ccc2c1.COc1ccc(C)cc1. The lowest BCUT2D eigenvalue weighted by Crippen LogP contribution is -2.00. The van der Waals surface area contributed by atoms with Crippen molar-refractivity contribution in [2.45, 2.75) is 34.1 Å². The second-order valence-corrected chi connectivity index (χ2v) is 8.50. The molecule has 0 heterocycles. The number of fused-ring (bicyclic) bond motifs is 1. The third kappa shape index (κ3) is 16.2. The fourth-order valence-electron chi connectivity index (χ4n) is 3.08. The summed E-state index contributed by atoms with van der Waals surface area (Å²) in [5, 5.41) is 2.02. The van der Waals surface area contributed by atoms with Gasteiger partial charge in [0.05, 0.1) is 39.6 Å². The number of carbonyl (C=O) groups is 4. The van der Waals surface area contributed by atoms with Crippen LogP contribution in [0.25, 0.3) is 10.8 Å². The molecule has 0 fully saturated rings. The number of rotatable bonds is 4. The number of methoxy groups -OCH3 is 4. The Labute approximate surface area is 255 Å². The quantitative estimate of drug-likeness (QED) is 0.225. The van der Waals surface area contributed by atoms with Crippen LogP contribution >= 0.6 is 0 Å². The molecular formula is C35H44O8. The third-order valence-electron chi connectivity index (χ3n) is 5.20. The second-order valence-electron chi connectivity index (χ2n) is 8.50. The van der Waals surface area contributed by atoms with Crippen LogP contribution in [0.5, 0.6) is 11.5 Å². The van der Waals surface area contributed by atoms with E-state index >= 15 is 0 Å². The monoisotopic (exact) mass is 592 g/mol. The maximum atomic E-state index is 11.3. The molecule has 0 aliphatic heterocycles. The van der Waals surface area contributed by atoms with Gasteiger partial charge in [-0.15, -0.1) is 0 Å². The van der Waals surface area contributed by atoms with Gasteiger partial charge in [0.2, 0.25) is 0 Å². The Morgan fingerprint density at radius 2 is 0.884 bits per heavy atom. The molecule has 8 heteroatoms. The van der Waals surface area contributed by atoms with Crippen molar-refractivity contribution in [2.24, 2.45) is 0 Å². The summed E-state index contributed by atoms with van der Waals surface area (Å²) in [5.41, 5.74) is 3.55. The van der Waals surface area contributed by atoms with Gasteiger partial charge in [0.1, 0.15) is 25.1 Å². The van der Waals surface area contributed by atoms with Gasteiger partial charge in [-0.3, -0.25) is 0 Å². The van der Waals surface area contributed by atoms with Crippen LogP contribution in [0.3, 0.4) is 0 Å². The number of hydrogen-bond donors (Lipinski definition) is 0. The minimum absolute atomic E-state index is 0.287. The number of aryl methyl sites for hydroxylation is 2. The zero-order valence-electron chi connectivity index (χ0n) is 26.5. The molecule has 0 amide bonds. The highest BCUT2D eigenvalue weighted by molar-refractivity contribution is 5.95. The van der Waals surface area contributed by atoms with Crippen LogP contribution in [0.1, 0.15) is 52.1 Å². The maximum Gasteiger partial charge on any atom is 0.337 e. The van der Waals surface area contributed by atoms with Gasteiger partial charge in [-0.25, -0.2) is 9.59 Å². The Kier molecular flexibility index (Phi) is 23.2. The predicted molar refractivity (Wildman–Crippen MR) is 172 cm³/mol. The minimum Gasteiger partial charge on any atom is -0.497 e. The molecule has 0 aliphatic carbocycles. The van der Waals surface area contributed by atoms with E-state index < -0.39 is 0 Å². The van der Waals surface area contributed by atoms with E-state index in [4.69, 9.17) is 19.1 Å². The van der Waals surface area contributed by atoms with Gasteiger partial charge in [0, 0.05) is 0 Å². The molecule has 4 aromatic rings. The van der Waals surface area contributed by atoms with Crippen LogP contribution < -0.4 is 9.47 Å². The lowest BCUT2D eigenvalue weighted by atomic mass is 10.1. The topological polar surface area (TPSA) is 105 Å². The lowest BCUT2D eigenvalue weighted by molar-refractivity contribution is -0.0987. The number of benzene rings is 4. The van der Waals surface area contributed by atoms with Crippen LogP contribution in [0.4, 0.5) is 0 Å². The summed E-state index contributed by atoms with van der Waals surface area (Å²) in [6.45, 7) is 12.3. The summed E-state index contributed by atoms with van der Waals surface area (Å²) in [5.74, 6) is 1.11. The number of ether oxygens (including phenoxy) is 4. The van der Waals surface area contributed by atoms with Crippen LogP contribution in [0.2, 0.25) is 0 Å². The molecule has 4 aromatic carbocycles. The van der Waals surface area contributed by atoms with Gasteiger partial charge < -0.3 is 28.5 Å². The summed E-state index contributed by atoms with van der Waals surface area (Å²) >= 11 is 0. The fraction of sp³-hybridized carbons (Fsp3) is 0.257. The van der Waals surface area contributed by atoms with Gasteiger partial charge in [-0.05, 0) is 73.2 Å². The molecule has 232 valence electrons. The van der Waals surface area contributed by atoms with E-state index in [1.165, 1.54) is 26.2 Å². The Hall–Kier alpha value is -4.98. The second kappa shape index (κ2) is 24.8. The molecule has 0 saturated heterocycles. The Morgan fingerprint density at radius 3 is 1.33 bits per heavy atom. The Bertz CT molecular complexity index is 1310. The molecular weight excluding hydrogens is 548 g/mol. The lowest BCUT2D eigenvalue weighted by Gasteiger charge is -2.04. The van der Waals surface area contributed by atoms with Gasteiger partial charge >= 0.3 is 11.9 Å². The van der Waals surface area contributed by atoms with Gasteiger partial charge in [-0.1, -0.05) is 67.8 Å². The van der Waals surface area contributed by atoms with E-state index in [1.807, 2.05) is 81.2 Å². The fourth-order valence-corrected chi connectivity index (χ4v) is 3.08. The van der Waals surface area contributed by atoms with Crippen LogP contribution in [0.15, 0.2) is 84.9 Å². The van der Waals surface area contributed by atoms with E-state index in [0.717, 1.165) is 27.8 Å². The molecule has 43 heavy (non-hydrogen) atoms. The first-order valence-corrected chi connectivity index (χ1v) is 13.2. The van der Waals surface area contributed by atoms with Crippen molar-refractivity contribution in [2.75, 3.05) is 28.4 Å². The summed E-state index contributed by atoms with van der Waals surface area (Å²) in [6.07, 6.45) is 1.25. The molecule has 0 aromatic heterocycles. The minimum atomic E-state index is -0.322. The highest BCUT2D eigenvalue weighted by atomic mass is 16.5. The zero-order chi connectivity index (χ0) is 33.2. The van der Waals surface area contributed by atoms with Gasteiger partial charge in [-0.2, -0.15) is 0 Å². The summed E-state index contributed by atoms with van der Waals surface area (Å²) < 4.78 is 19.3. The van der Waals surface area contributed by atoms with Crippen molar-refractivity contribution in [3.05, 3.63) is 107 Å². The van der Waals surface area contributed by atoms with Gasteiger partial charge in [0.15, 0.2) is 0 Å². The average molecular weight is 593 g/mol. The molecule has 0 radical (unpaired) electrons. The van der Waals surface area contributed by atoms with Gasteiger partial charge in [0.25, 0.3) is 0 Å². The van der Waals surface area contributed by atoms with E-state index in [-0.39, 0.29) is 11.9 Å². The molecule has 0 aliphatic rings. The molecule has 0 bridgehead atoms. The highest BCUT2D eigenvalue weighted by Gasteiger charge is 2.06. The van der Waals surface area contributed by atoms with Crippen LogP contribution in [-0.2, 0) is 19.1 Å². The van der Waals surface area contributed by atoms with Crippen molar-refractivity contribution in [3.8, 4) is 11.5 Å². The summed E-state index contributed by atoms with van der Waals surface area (Å²) in [7, 11) is 6.05. The Morgan fingerprint density at radius 1 is 0.535 bits per heavy atom. The smallest absolute Gasteiger partial charge is 0.337 e. The first-order chi connectivity index (χ1) is 20.7. The molecule has 0 atom stereocenters. The summed E-state index contributed by atoms with van der Waals surface area (Å²) in [4.78, 5) is 38.2. The van der Waals surface area contributed by atoms with Crippen molar-refractivity contribution in [3.63, 3.8) is 0 Å². The van der Waals surface area contributed by atoms with Crippen LogP contribution in [-0.4, -0.2) is 54.0 Å². The highest BCUT2D eigenvalue weighted by Crippen LogP contribution is 2.22. The van der Waals surface area contributed by atoms with Crippen molar-refractivity contribution >= 4 is 36.3 Å². The summed E-state index contributed by atoms with van der Waals surface area (Å²) in [6, 6.07) is 26.4. The number of hydrogen-bond acceptors (Lipinski definition) is 8. The molecule has 4 rings (SSSR count). The van der Waals surface area contributed by atoms with Crippen LogP contribution in [0, 0.1) is 13.8 Å². The number of esters is 2.